The van der Waals surface area contributed by atoms with Gasteiger partial charge in [-0.2, -0.15) is 0 Å². The number of thioether (sulfide) groups is 1. The first-order valence-corrected chi connectivity index (χ1v) is 11.9. The van der Waals surface area contributed by atoms with E-state index in [0.717, 1.165) is 10.4 Å². The van der Waals surface area contributed by atoms with Gasteiger partial charge in [0.15, 0.2) is 8.29 Å². The highest BCUT2D eigenvalue weighted by molar-refractivity contribution is 8.01. The summed E-state index contributed by atoms with van der Waals surface area (Å²) in [6.07, 6.45) is 0. The van der Waals surface area contributed by atoms with Crippen molar-refractivity contribution in [2.45, 2.75) is 25.1 Å². The molecule has 0 spiro atoms. The van der Waals surface area contributed by atoms with E-state index in [1.165, 1.54) is 51.2 Å². The summed E-state index contributed by atoms with van der Waals surface area (Å²) in [5.74, 6) is -0.947. The van der Waals surface area contributed by atoms with Gasteiger partial charge < -0.3 is 10.1 Å². The molecule has 0 unspecified atom stereocenters. The lowest BCUT2D eigenvalue weighted by atomic mass is 10.1. The molecule has 0 atom stereocenters. The van der Waals surface area contributed by atoms with Gasteiger partial charge in [-0.25, -0.2) is 13.9 Å². The summed E-state index contributed by atoms with van der Waals surface area (Å²) in [5.41, 5.74) is 1.85. The first kappa shape index (κ1) is 22.6. The quantitative estimate of drug-likeness (QED) is 0.276. The number of hydrogen-bond donors (Lipinski definition) is 1. The summed E-state index contributed by atoms with van der Waals surface area (Å²) in [6, 6.07) is 5.85. The Morgan fingerprint density at radius 2 is 1.97 bits per heavy atom. The predicted octanol–water partition coefficient (Wildman–Crippen LogP) is 5.39. The van der Waals surface area contributed by atoms with Crippen LogP contribution in [-0.4, -0.2) is 34.0 Å². The summed E-state index contributed by atoms with van der Waals surface area (Å²) in [7, 11) is 0. The number of amides is 1. The third-order valence-corrected chi connectivity index (χ3v) is 7.53. The fourth-order valence-corrected chi connectivity index (χ4v) is 5.74. The summed E-state index contributed by atoms with van der Waals surface area (Å²) < 4.78 is 20.9. The van der Waals surface area contributed by atoms with Crippen molar-refractivity contribution in [1.82, 2.24) is 9.78 Å². The minimum atomic E-state index is -0.446. The summed E-state index contributed by atoms with van der Waals surface area (Å²) in [4.78, 5) is 25.6. The number of halogens is 1. The highest BCUT2D eigenvalue weighted by atomic mass is 32.2. The van der Waals surface area contributed by atoms with Gasteiger partial charge in [-0.05, 0) is 62.8 Å². The molecule has 11 heteroatoms. The van der Waals surface area contributed by atoms with Crippen LogP contribution in [0.25, 0.3) is 5.69 Å². The Morgan fingerprint density at radius 1 is 1.27 bits per heavy atom. The summed E-state index contributed by atoms with van der Waals surface area (Å²) >= 11 is 9.17. The monoisotopic (exact) mass is 483 g/mol. The highest BCUT2D eigenvalue weighted by Crippen LogP contribution is 2.33. The van der Waals surface area contributed by atoms with Gasteiger partial charge in [0, 0.05) is 4.88 Å². The van der Waals surface area contributed by atoms with Gasteiger partial charge in [-0.1, -0.05) is 23.1 Å². The van der Waals surface area contributed by atoms with Crippen molar-refractivity contribution in [2.75, 3.05) is 17.7 Å². The van der Waals surface area contributed by atoms with Crippen LogP contribution >= 0.6 is 46.7 Å². The van der Waals surface area contributed by atoms with Crippen molar-refractivity contribution in [3.05, 3.63) is 50.0 Å². The van der Waals surface area contributed by atoms with Gasteiger partial charge >= 0.3 is 5.97 Å². The first-order valence-electron chi connectivity index (χ1n) is 8.86. The molecule has 0 radical (unpaired) electrons. The van der Waals surface area contributed by atoms with Crippen LogP contribution in [0.15, 0.2) is 28.6 Å². The lowest BCUT2D eigenvalue weighted by Gasteiger charge is -2.06. The first-order chi connectivity index (χ1) is 14.3. The lowest BCUT2D eigenvalue weighted by molar-refractivity contribution is -0.113. The third-order valence-electron chi connectivity index (χ3n) is 4.04. The maximum atomic E-state index is 13.1. The molecule has 3 aromatic rings. The number of anilines is 1. The number of nitrogens with zero attached hydrogens (tertiary/aromatic N) is 2. The van der Waals surface area contributed by atoms with Crippen LogP contribution in [0.2, 0.25) is 0 Å². The van der Waals surface area contributed by atoms with E-state index < -0.39 is 5.97 Å². The van der Waals surface area contributed by atoms with Crippen molar-refractivity contribution in [2.24, 2.45) is 0 Å². The zero-order valence-electron chi connectivity index (χ0n) is 16.4. The molecular formula is C19H18FN3O3S4. The molecule has 0 saturated carbocycles. The number of carbonyl (C=O) groups is 2. The van der Waals surface area contributed by atoms with E-state index in [0.29, 0.717) is 24.5 Å². The minimum absolute atomic E-state index is 0.101. The minimum Gasteiger partial charge on any atom is -0.462 e. The molecule has 2 heterocycles. The Bertz CT molecular complexity index is 1140. The van der Waals surface area contributed by atoms with Gasteiger partial charge in [-0.15, -0.1) is 16.4 Å². The third kappa shape index (κ3) is 5.15. The number of aryl methyl sites for hydroxylation is 1. The Morgan fingerprint density at radius 3 is 2.63 bits per heavy atom. The number of rotatable bonds is 7. The molecule has 1 aromatic carbocycles. The van der Waals surface area contributed by atoms with E-state index in [1.807, 2.05) is 13.8 Å². The topological polar surface area (TPSA) is 73.2 Å². The highest BCUT2D eigenvalue weighted by Gasteiger charge is 2.22. The second-order valence-corrected chi connectivity index (χ2v) is 10.1. The second kappa shape index (κ2) is 9.82. The van der Waals surface area contributed by atoms with E-state index in [4.69, 9.17) is 17.0 Å². The van der Waals surface area contributed by atoms with E-state index in [-0.39, 0.29) is 24.1 Å². The Hall–Kier alpha value is -2.08. The Balaban J connectivity index is 1.68. The average Bonchev–Trinajstić information content (AvgIpc) is 3.20. The van der Waals surface area contributed by atoms with Gasteiger partial charge in [0.2, 0.25) is 5.91 Å². The van der Waals surface area contributed by atoms with Crippen molar-refractivity contribution >= 4 is 63.5 Å². The number of carbonyl (C=O) groups excluding carboxylic acids is 2. The standard InChI is InChI=1S/C19H18FN3O3S4/c1-4-26-17(25)15-10(2)11(3)29-16(15)21-14(24)9-28-18-22-23(19(27)30-18)13-7-5-12(20)6-8-13/h5-8H,4,9H2,1-3H3,(H,21,24). The molecular weight excluding hydrogens is 465 g/mol. The number of thiophene rings is 1. The lowest BCUT2D eigenvalue weighted by Crippen LogP contribution is -2.16. The molecule has 3 rings (SSSR count). The van der Waals surface area contributed by atoms with Gasteiger partial charge in [0.05, 0.1) is 23.6 Å². The van der Waals surface area contributed by atoms with E-state index in [1.54, 1.807) is 19.1 Å². The SMILES string of the molecule is CCOC(=O)c1c(NC(=O)CSc2nn(-c3ccc(F)cc3)c(=S)s2)sc(C)c1C. The van der Waals surface area contributed by atoms with E-state index in [2.05, 4.69) is 10.4 Å². The molecule has 30 heavy (non-hydrogen) atoms. The van der Waals surface area contributed by atoms with E-state index in [9.17, 15) is 14.0 Å². The van der Waals surface area contributed by atoms with Crippen LogP contribution < -0.4 is 5.32 Å². The largest absolute Gasteiger partial charge is 0.462 e. The van der Waals surface area contributed by atoms with Crippen LogP contribution in [-0.2, 0) is 9.53 Å². The van der Waals surface area contributed by atoms with Crippen LogP contribution in [0.5, 0.6) is 0 Å². The number of esters is 1. The van der Waals surface area contributed by atoms with Crippen LogP contribution in [0.4, 0.5) is 9.39 Å². The second-order valence-electron chi connectivity index (χ2n) is 6.07. The molecule has 1 amide bonds. The van der Waals surface area contributed by atoms with Crippen LogP contribution in [0.3, 0.4) is 0 Å². The van der Waals surface area contributed by atoms with Gasteiger partial charge in [0.1, 0.15) is 10.8 Å². The molecule has 0 aliphatic heterocycles. The van der Waals surface area contributed by atoms with Crippen LogP contribution in [0, 0.1) is 23.6 Å². The molecule has 0 saturated heterocycles. The fourth-order valence-electron chi connectivity index (χ4n) is 2.52. The van der Waals surface area contributed by atoms with Crippen molar-refractivity contribution in [3.63, 3.8) is 0 Å². The summed E-state index contributed by atoms with van der Waals surface area (Å²) in [5, 5.41) is 7.68. The van der Waals surface area contributed by atoms with E-state index >= 15 is 0 Å². The van der Waals surface area contributed by atoms with Crippen LogP contribution in [0.1, 0.15) is 27.7 Å². The zero-order valence-corrected chi connectivity index (χ0v) is 19.6. The number of benzene rings is 1. The molecule has 0 aliphatic rings. The van der Waals surface area contributed by atoms with Crippen molar-refractivity contribution in [1.29, 1.82) is 0 Å². The molecule has 0 bridgehead atoms. The number of nitrogens with one attached hydrogen (secondary N) is 1. The maximum Gasteiger partial charge on any atom is 0.341 e. The number of ether oxygens (including phenoxy) is 1. The fraction of sp³-hybridized carbons (Fsp3) is 0.263. The zero-order chi connectivity index (χ0) is 21.8. The smallest absolute Gasteiger partial charge is 0.341 e. The normalized spacial score (nSPS) is 10.8. The molecule has 1 N–H and O–H groups in total. The molecule has 0 aliphatic carbocycles. The summed E-state index contributed by atoms with van der Waals surface area (Å²) in [6.45, 7) is 5.72. The maximum absolute atomic E-state index is 13.1. The Labute approximate surface area is 190 Å². The van der Waals surface area contributed by atoms with Crippen molar-refractivity contribution < 1.29 is 18.7 Å². The molecule has 2 aromatic heterocycles. The molecule has 6 nitrogen and oxygen atoms in total. The van der Waals surface area contributed by atoms with Gasteiger partial charge in [-0.3, -0.25) is 4.79 Å². The number of hydrogen-bond acceptors (Lipinski definition) is 8. The molecule has 158 valence electrons. The van der Waals surface area contributed by atoms with Crippen molar-refractivity contribution in [3.8, 4) is 5.69 Å². The molecule has 0 fully saturated rings. The number of aromatic nitrogens is 2. The van der Waals surface area contributed by atoms with Gasteiger partial charge in [0.25, 0.3) is 0 Å². The predicted molar refractivity (Wildman–Crippen MR) is 121 cm³/mol. The Kier molecular flexibility index (Phi) is 7.40. The average molecular weight is 484 g/mol.